The van der Waals surface area contributed by atoms with E-state index < -0.39 is 0 Å². The van der Waals surface area contributed by atoms with E-state index in [9.17, 15) is 0 Å². The van der Waals surface area contributed by atoms with Gasteiger partial charge in [-0.3, -0.25) is 0 Å². The van der Waals surface area contributed by atoms with E-state index in [0.29, 0.717) is 0 Å². The van der Waals surface area contributed by atoms with Crippen LogP contribution in [0.4, 0.5) is 0 Å². The van der Waals surface area contributed by atoms with Crippen molar-refractivity contribution in [2.45, 2.75) is 33.2 Å². The molecule has 0 unspecified atom stereocenters. The van der Waals surface area contributed by atoms with E-state index in [-0.39, 0.29) is 0 Å². The molecule has 96 valence electrons. The maximum atomic E-state index is 4.45. The van der Waals surface area contributed by atoms with Gasteiger partial charge in [0.25, 0.3) is 0 Å². The highest BCUT2D eigenvalue weighted by atomic mass is 15.3. The van der Waals surface area contributed by atoms with Gasteiger partial charge in [-0.2, -0.15) is 5.10 Å². The minimum Gasteiger partial charge on any atom is -0.313 e. The largest absolute Gasteiger partial charge is 0.313 e. The summed E-state index contributed by atoms with van der Waals surface area (Å²) in [5.41, 5.74) is 2.49. The number of nitrogens with zero attached hydrogens (tertiary/aromatic N) is 3. The molecule has 0 saturated heterocycles. The summed E-state index contributed by atoms with van der Waals surface area (Å²) in [6.45, 7) is 6.24. The van der Waals surface area contributed by atoms with Crippen LogP contribution in [-0.4, -0.2) is 21.3 Å². The molecule has 0 aromatic carbocycles. The summed E-state index contributed by atoms with van der Waals surface area (Å²) in [4.78, 5) is 4.35. The van der Waals surface area contributed by atoms with Crippen molar-refractivity contribution in [1.29, 1.82) is 0 Å². The van der Waals surface area contributed by atoms with Crippen LogP contribution in [0.1, 0.15) is 31.5 Å². The normalized spacial score (nSPS) is 10.8. The Morgan fingerprint density at radius 2 is 2.17 bits per heavy atom. The van der Waals surface area contributed by atoms with Crippen molar-refractivity contribution in [3.05, 3.63) is 41.9 Å². The average molecular weight is 244 g/mol. The quantitative estimate of drug-likeness (QED) is 0.793. The lowest BCUT2D eigenvalue weighted by molar-refractivity contribution is 0.669. The minimum absolute atomic E-state index is 0.879. The standard InChI is InChI=1S/C14H20N4/c1-3-8-15-10-12-11-17-18(13(12)4-2)14-7-5-6-9-16-14/h5-7,9,11,15H,3-4,8,10H2,1-2H3. The molecule has 1 N–H and O–H groups in total. The molecule has 0 bridgehead atoms. The fourth-order valence-electron chi connectivity index (χ4n) is 2.01. The molecule has 0 aliphatic carbocycles. The highest BCUT2D eigenvalue weighted by Gasteiger charge is 2.10. The van der Waals surface area contributed by atoms with Gasteiger partial charge in [-0.05, 0) is 31.5 Å². The lowest BCUT2D eigenvalue weighted by Gasteiger charge is -2.07. The summed E-state index contributed by atoms with van der Waals surface area (Å²) >= 11 is 0. The highest BCUT2D eigenvalue weighted by molar-refractivity contribution is 5.28. The Kier molecular flexibility index (Phi) is 4.47. The van der Waals surface area contributed by atoms with E-state index in [1.165, 1.54) is 11.3 Å². The van der Waals surface area contributed by atoms with Gasteiger partial charge in [0.15, 0.2) is 5.82 Å². The van der Waals surface area contributed by atoms with Gasteiger partial charge in [0, 0.05) is 18.3 Å². The molecular formula is C14H20N4. The third-order valence-corrected chi connectivity index (χ3v) is 2.90. The number of hydrogen-bond acceptors (Lipinski definition) is 3. The lowest BCUT2D eigenvalue weighted by atomic mass is 10.2. The van der Waals surface area contributed by atoms with Crippen LogP contribution < -0.4 is 5.32 Å². The molecule has 0 atom stereocenters. The third-order valence-electron chi connectivity index (χ3n) is 2.90. The lowest BCUT2D eigenvalue weighted by Crippen LogP contribution is -2.15. The van der Waals surface area contributed by atoms with Crippen LogP contribution in [0.25, 0.3) is 5.82 Å². The molecule has 0 radical (unpaired) electrons. The first-order chi connectivity index (χ1) is 8.86. The van der Waals surface area contributed by atoms with Crippen LogP contribution in [-0.2, 0) is 13.0 Å². The SMILES string of the molecule is CCCNCc1cnn(-c2ccccn2)c1CC. The van der Waals surface area contributed by atoms with Gasteiger partial charge in [-0.1, -0.05) is 19.9 Å². The van der Waals surface area contributed by atoms with E-state index in [1.54, 1.807) is 6.20 Å². The van der Waals surface area contributed by atoms with E-state index in [1.807, 2.05) is 29.1 Å². The van der Waals surface area contributed by atoms with E-state index in [0.717, 1.165) is 31.7 Å². The summed E-state index contributed by atoms with van der Waals surface area (Å²) in [5.74, 6) is 0.885. The molecule has 2 rings (SSSR count). The molecule has 0 spiro atoms. The summed E-state index contributed by atoms with van der Waals surface area (Å²) in [5, 5.41) is 7.87. The Bertz CT molecular complexity index is 476. The van der Waals surface area contributed by atoms with E-state index in [2.05, 4.69) is 29.2 Å². The predicted molar refractivity (Wildman–Crippen MR) is 72.7 cm³/mol. The number of hydrogen-bond donors (Lipinski definition) is 1. The van der Waals surface area contributed by atoms with Crippen molar-refractivity contribution in [3.8, 4) is 5.82 Å². The van der Waals surface area contributed by atoms with Gasteiger partial charge in [0.1, 0.15) is 0 Å². The first kappa shape index (κ1) is 12.8. The van der Waals surface area contributed by atoms with Crippen molar-refractivity contribution in [3.63, 3.8) is 0 Å². The predicted octanol–water partition coefficient (Wildman–Crippen LogP) is 2.33. The van der Waals surface area contributed by atoms with Crippen LogP contribution in [0.5, 0.6) is 0 Å². The van der Waals surface area contributed by atoms with Crippen molar-refractivity contribution in [2.75, 3.05) is 6.54 Å². The zero-order valence-corrected chi connectivity index (χ0v) is 11.1. The van der Waals surface area contributed by atoms with Gasteiger partial charge in [0.05, 0.1) is 11.9 Å². The first-order valence-electron chi connectivity index (χ1n) is 6.54. The smallest absolute Gasteiger partial charge is 0.153 e. The second-order valence-corrected chi connectivity index (χ2v) is 4.25. The number of nitrogens with one attached hydrogen (secondary N) is 1. The van der Waals surface area contributed by atoms with Gasteiger partial charge in [0.2, 0.25) is 0 Å². The molecule has 2 heterocycles. The van der Waals surface area contributed by atoms with Crippen molar-refractivity contribution >= 4 is 0 Å². The number of pyridine rings is 1. The Balaban J connectivity index is 2.22. The molecule has 0 saturated carbocycles. The van der Waals surface area contributed by atoms with Gasteiger partial charge in [-0.25, -0.2) is 9.67 Å². The van der Waals surface area contributed by atoms with Crippen molar-refractivity contribution in [2.24, 2.45) is 0 Å². The zero-order chi connectivity index (χ0) is 12.8. The molecule has 0 aliphatic heterocycles. The second-order valence-electron chi connectivity index (χ2n) is 4.25. The molecule has 0 amide bonds. The maximum absolute atomic E-state index is 4.45. The number of aromatic nitrogens is 3. The average Bonchev–Trinajstić information content (AvgIpc) is 2.83. The van der Waals surface area contributed by atoms with Crippen LogP contribution in [0.3, 0.4) is 0 Å². The third kappa shape index (κ3) is 2.76. The number of rotatable bonds is 6. The maximum Gasteiger partial charge on any atom is 0.153 e. The van der Waals surface area contributed by atoms with E-state index >= 15 is 0 Å². The topological polar surface area (TPSA) is 42.7 Å². The van der Waals surface area contributed by atoms with Gasteiger partial charge < -0.3 is 5.32 Å². The summed E-state index contributed by atoms with van der Waals surface area (Å²) in [6, 6.07) is 5.89. The molecule has 18 heavy (non-hydrogen) atoms. The Hall–Kier alpha value is -1.68. The van der Waals surface area contributed by atoms with Gasteiger partial charge >= 0.3 is 0 Å². The van der Waals surface area contributed by atoms with Crippen LogP contribution >= 0.6 is 0 Å². The molecule has 0 fully saturated rings. The molecular weight excluding hydrogens is 224 g/mol. The minimum atomic E-state index is 0.879. The van der Waals surface area contributed by atoms with Crippen LogP contribution in [0.2, 0.25) is 0 Å². The summed E-state index contributed by atoms with van der Waals surface area (Å²) < 4.78 is 1.93. The fourth-order valence-corrected chi connectivity index (χ4v) is 2.01. The molecule has 2 aromatic heterocycles. The Morgan fingerprint density at radius 1 is 1.28 bits per heavy atom. The Morgan fingerprint density at radius 3 is 2.83 bits per heavy atom. The fraction of sp³-hybridized carbons (Fsp3) is 0.429. The Labute approximate surface area is 108 Å². The van der Waals surface area contributed by atoms with Crippen LogP contribution in [0.15, 0.2) is 30.6 Å². The van der Waals surface area contributed by atoms with Gasteiger partial charge in [-0.15, -0.1) is 0 Å². The van der Waals surface area contributed by atoms with E-state index in [4.69, 9.17) is 0 Å². The van der Waals surface area contributed by atoms with Crippen molar-refractivity contribution < 1.29 is 0 Å². The summed E-state index contributed by atoms with van der Waals surface area (Å²) in [6.07, 6.45) is 5.84. The summed E-state index contributed by atoms with van der Waals surface area (Å²) in [7, 11) is 0. The first-order valence-corrected chi connectivity index (χ1v) is 6.54. The second kappa shape index (κ2) is 6.31. The molecule has 0 aliphatic rings. The zero-order valence-electron chi connectivity index (χ0n) is 11.1. The molecule has 4 nitrogen and oxygen atoms in total. The molecule has 2 aromatic rings. The van der Waals surface area contributed by atoms with Crippen LogP contribution in [0, 0.1) is 0 Å². The van der Waals surface area contributed by atoms with Crippen molar-refractivity contribution in [1.82, 2.24) is 20.1 Å². The molecule has 4 heteroatoms. The monoisotopic (exact) mass is 244 g/mol. The highest BCUT2D eigenvalue weighted by Crippen LogP contribution is 2.13.